The van der Waals surface area contributed by atoms with Crippen LogP contribution < -0.4 is 0 Å². The van der Waals surface area contributed by atoms with Gasteiger partial charge in [0.15, 0.2) is 0 Å². The summed E-state index contributed by atoms with van der Waals surface area (Å²) in [4.78, 5) is 14.1. The fourth-order valence-electron chi connectivity index (χ4n) is 2.24. The molecule has 0 aromatic heterocycles. The van der Waals surface area contributed by atoms with Crippen molar-refractivity contribution < 1.29 is 14.6 Å². The number of thioether (sulfide) groups is 1. The number of morpholine rings is 1. The van der Waals surface area contributed by atoms with Crippen molar-refractivity contribution in [3.8, 4) is 0 Å². The Morgan fingerprint density at radius 2 is 1.94 bits per heavy atom. The zero-order valence-electron chi connectivity index (χ0n) is 9.28. The molecule has 1 heterocycles. The van der Waals surface area contributed by atoms with Crippen molar-refractivity contribution in [1.82, 2.24) is 4.90 Å². The molecule has 0 unspecified atom stereocenters. The van der Waals surface area contributed by atoms with Crippen LogP contribution in [0.5, 0.6) is 0 Å². The summed E-state index contributed by atoms with van der Waals surface area (Å²) in [5.74, 6) is 0. The van der Waals surface area contributed by atoms with Crippen molar-refractivity contribution in [2.24, 2.45) is 0 Å². The molecule has 2 aliphatic rings. The number of hydrogen-bond acceptors (Lipinski definition) is 4. The van der Waals surface area contributed by atoms with Crippen molar-refractivity contribution in [3.63, 3.8) is 0 Å². The quantitative estimate of drug-likeness (QED) is 0.807. The third-order valence-electron chi connectivity index (χ3n) is 2.99. The third kappa shape index (κ3) is 2.92. The lowest BCUT2D eigenvalue weighted by Gasteiger charge is -2.34. The number of hydrogen-bond donors (Lipinski definition) is 1. The van der Waals surface area contributed by atoms with Gasteiger partial charge in [0, 0.05) is 23.7 Å². The van der Waals surface area contributed by atoms with E-state index >= 15 is 0 Å². The van der Waals surface area contributed by atoms with E-state index in [2.05, 4.69) is 4.90 Å². The number of carbonyl (C=O) groups is 1. The minimum absolute atomic E-state index is 0.758. The summed E-state index contributed by atoms with van der Waals surface area (Å²) < 4.78 is 5.32. The smallest absolute Gasteiger partial charge is 0.369 e. The van der Waals surface area contributed by atoms with E-state index in [4.69, 9.17) is 9.84 Å². The molecule has 16 heavy (non-hydrogen) atoms. The molecule has 1 saturated heterocycles. The van der Waals surface area contributed by atoms with Gasteiger partial charge in [-0.05, 0) is 37.4 Å². The van der Waals surface area contributed by atoms with E-state index in [0.717, 1.165) is 62.2 Å². The zero-order chi connectivity index (χ0) is 11.4. The lowest BCUT2D eigenvalue weighted by molar-refractivity contribution is 0.0511. The van der Waals surface area contributed by atoms with E-state index in [1.54, 1.807) is 0 Å². The van der Waals surface area contributed by atoms with Gasteiger partial charge in [-0.1, -0.05) is 0 Å². The highest BCUT2D eigenvalue weighted by atomic mass is 32.2. The fourth-order valence-corrected chi connectivity index (χ4v) is 3.05. The Bertz CT molecular complexity index is 298. The molecule has 0 aromatic carbocycles. The highest BCUT2D eigenvalue weighted by Crippen LogP contribution is 2.35. The molecule has 1 N–H and O–H groups in total. The summed E-state index contributed by atoms with van der Waals surface area (Å²) in [5.41, 5.74) is 1.25. The summed E-state index contributed by atoms with van der Waals surface area (Å²) >= 11 is 0.991. The number of carboxylic acid groups (broad SMARTS) is 1. The minimum atomic E-state index is -0.789. The summed E-state index contributed by atoms with van der Waals surface area (Å²) in [6.45, 7) is 3.32. The molecule has 0 atom stereocenters. The second kappa shape index (κ2) is 5.59. The average molecular weight is 243 g/mol. The van der Waals surface area contributed by atoms with Crippen LogP contribution in [-0.2, 0) is 4.74 Å². The van der Waals surface area contributed by atoms with Gasteiger partial charge in [-0.25, -0.2) is 4.79 Å². The van der Waals surface area contributed by atoms with Crippen LogP contribution in [0, 0.1) is 0 Å². The van der Waals surface area contributed by atoms with E-state index in [-0.39, 0.29) is 0 Å². The van der Waals surface area contributed by atoms with Crippen molar-refractivity contribution in [2.45, 2.75) is 25.7 Å². The molecule has 0 spiro atoms. The van der Waals surface area contributed by atoms with Crippen LogP contribution in [0.2, 0.25) is 0 Å². The molecule has 90 valence electrons. The number of ether oxygens (including phenoxy) is 1. The van der Waals surface area contributed by atoms with E-state index in [9.17, 15) is 4.79 Å². The Morgan fingerprint density at radius 3 is 2.62 bits per heavy atom. The monoisotopic (exact) mass is 243 g/mol. The zero-order valence-corrected chi connectivity index (χ0v) is 10.1. The molecule has 4 nitrogen and oxygen atoms in total. The lowest BCUT2D eigenvalue weighted by Crippen LogP contribution is -2.36. The van der Waals surface area contributed by atoms with Crippen molar-refractivity contribution in [1.29, 1.82) is 0 Å². The first kappa shape index (κ1) is 11.8. The normalized spacial score (nSPS) is 22.4. The average Bonchev–Trinajstić information content (AvgIpc) is 2.30. The summed E-state index contributed by atoms with van der Waals surface area (Å²) in [7, 11) is 0. The molecule has 1 fully saturated rings. The van der Waals surface area contributed by atoms with Crippen molar-refractivity contribution >= 4 is 17.1 Å². The van der Waals surface area contributed by atoms with Gasteiger partial charge in [-0.15, -0.1) is 0 Å². The van der Waals surface area contributed by atoms with Crippen molar-refractivity contribution in [2.75, 3.05) is 26.3 Å². The Morgan fingerprint density at radius 1 is 1.25 bits per heavy atom. The maximum atomic E-state index is 10.8. The minimum Gasteiger partial charge on any atom is -0.473 e. The van der Waals surface area contributed by atoms with Crippen LogP contribution >= 0.6 is 11.8 Å². The van der Waals surface area contributed by atoms with Crippen LogP contribution in [0.3, 0.4) is 0 Å². The first-order valence-corrected chi connectivity index (χ1v) is 6.54. The van der Waals surface area contributed by atoms with Crippen LogP contribution in [0.1, 0.15) is 25.7 Å². The van der Waals surface area contributed by atoms with Gasteiger partial charge in [0.05, 0.1) is 13.2 Å². The van der Waals surface area contributed by atoms with Crippen LogP contribution in [-0.4, -0.2) is 41.6 Å². The number of rotatable bonds is 2. The second-order valence-corrected chi connectivity index (χ2v) is 5.09. The van der Waals surface area contributed by atoms with E-state index < -0.39 is 5.30 Å². The maximum absolute atomic E-state index is 10.8. The van der Waals surface area contributed by atoms with E-state index in [1.165, 1.54) is 12.1 Å². The summed E-state index contributed by atoms with van der Waals surface area (Å²) in [6.07, 6.45) is 4.24. The third-order valence-corrected chi connectivity index (χ3v) is 3.85. The largest absolute Gasteiger partial charge is 0.473 e. The molecule has 1 aliphatic heterocycles. The molecule has 2 rings (SSSR count). The Labute approximate surface area is 99.6 Å². The van der Waals surface area contributed by atoms with E-state index in [0.29, 0.717) is 0 Å². The van der Waals surface area contributed by atoms with Gasteiger partial charge in [0.2, 0.25) is 0 Å². The topological polar surface area (TPSA) is 49.8 Å². The molecule has 0 aromatic rings. The van der Waals surface area contributed by atoms with Gasteiger partial charge < -0.3 is 14.7 Å². The highest BCUT2D eigenvalue weighted by molar-refractivity contribution is 8.16. The van der Waals surface area contributed by atoms with Crippen LogP contribution in [0.25, 0.3) is 0 Å². The van der Waals surface area contributed by atoms with Gasteiger partial charge in [0.1, 0.15) is 0 Å². The molecule has 0 saturated carbocycles. The maximum Gasteiger partial charge on any atom is 0.369 e. The SMILES string of the molecule is O=C(O)SC1=C(N2CCOCC2)CCCC1. The van der Waals surface area contributed by atoms with Crippen molar-refractivity contribution in [3.05, 3.63) is 10.6 Å². The van der Waals surface area contributed by atoms with E-state index in [1.807, 2.05) is 0 Å². The first-order valence-electron chi connectivity index (χ1n) is 5.73. The van der Waals surface area contributed by atoms with Gasteiger partial charge in [0.25, 0.3) is 0 Å². The molecule has 0 amide bonds. The fraction of sp³-hybridized carbons (Fsp3) is 0.727. The number of allylic oxidation sites excluding steroid dienone is 2. The molecular formula is C11H17NO3S. The molecule has 0 radical (unpaired) electrons. The van der Waals surface area contributed by atoms with Crippen LogP contribution in [0.4, 0.5) is 4.79 Å². The van der Waals surface area contributed by atoms with Gasteiger partial charge >= 0.3 is 5.30 Å². The Balaban J connectivity index is 2.11. The molecule has 1 aliphatic carbocycles. The predicted octanol–water partition coefficient (Wildman–Crippen LogP) is 2.52. The van der Waals surface area contributed by atoms with Gasteiger partial charge in [-0.2, -0.15) is 0 Å². The first-order chi connectivity index (χ1) is 7.77. The second-order valence-electron chi connectivity index (χ2n) is 4.04. The summed E-state index contributed by atoms with van der Waals surface area (Å²) in [5, 5.41) is 8.08. The molecular weight excluding hydrogens is 226 g/mol. The Hall–Kier alpha value is -0.680. The highest BCUT2D eigenvalue weighted by Gasteiger charge is 2.22. The lowest BCUT2D eigenvalue weighted by atomic mass is 10.0. The van der Waals surface area contributed by atoms with Crippen LogP contribution in [0.15, 0.2) is 10.6 Å². The number of nitrogens with zero attached hydrogens (tertiary/aromatic N) is 1. The molecule has 0 bridgehead atoms. The van der Waals surface area contributed by atoms with Gasteiger partial charge in [-0.3, -0.25) is 0 Å². The predicted molar refractivity (Wildman–Crippen MR) is 63.5 cm³/mol. The summed E-state index contributed by atoms with van der Waals surface area (Å²) in [6, 6.07) is 0. The molecule has 5 heteroatoms. The standard InChI is InChI=1S/C11H17NO3S/c13-11(14)16-10-4-2-1-3-9(10)12-5-7-15-8-6-12/h1-8H2,(H,13,14). The Kier molecular flexibility index (Phi) is 4.12.